The number of aryl methyl sites for hydroxylation is 1. The third-order valence-corrected chi connectivity index (χ3v) is 3.90. The topological polar surface area (TPSA) is 83.0 Å². The summed E-state index contributed by atoms with van der Waals surface area (Å²) < 4.78 is 12.1. The van der Waals surface area contributed by atoms with Crippen LogP contribution in [0.25, 0.3) is 22.4 Å². The van der Waals surface area contributed by atoms with Crippen LogP contribution in [0.5, 0.6) is 0 Å². The van der Waals surface area contributed by atoms with E-state index in [0.717, 1.165) is 18.6 Å². The average Bonchev–Trinajstić information content (AvgIpc) is 3.21. The highest BCUT2D eigenvalue weighted by Crippen LogP contribution is 2.26. The van der Waals surface area contributed by atoms with Gasteiger partial charge in [0, 0.05) is 25.1 Å². The minimum Gasteiger partial charge on any atom is -0.381 e. The van der Waals surface area contributed by atoms with Crippen molar-refractivity contribution in [2.75, 3.05) is 13.2 Å². The highest BCUT2D eigenvalue weighted by Gasteiger charge is 2.23. The zero-order valence-electron chi connectivity index (χ0n) is 12.0. The van der Waals surface area contributed by atoms with E-state index in [1.807, 2.05) is 0 Å². The quantitative estimate of drug-likeness (QED) is 0.712. The maximum atomic E-state index is 12.0. The van der Waals surface area contributed by atoms with Crippen molar-refractivity contribution in [3.05, 3.63) is 40.7 Å². The van der Waals surface area contributed by atoms with E-state index >= 15 is 0 Å². The first-order chi connectivity index (χ1) is 10.7. The van der Waals surface area contributed by atoms with Crippen molar-refractivity contribution in [1.29, 1.82) is 0 Å². The first-order valence-electron chi connectivity index (χ1n) is 7.09. The van der Waals surface area contributed by atoms with Gasteiger partial charge in [-0.2, -0.15) is 4.98 Å². The SMILES string of the molecule is Cn1cnc2cc(-c3nc([C@@H]4CCOC4)no3)ccc2c1=O. The number of nitrogens with zero attached hydrogens (tertiary/aromatic N) is 4. The van der Waals surface area contributed by atoms with E-state index in [9.17, 15) is 4.79 Å². The van der Waals surface area contributed by atoms with Crippen molar-refractivity contribution in [1.82, 2.24) is 19.7 Å². The summed E-state index contributed by atoms with van der Waals surface area (Å²) in [6, 6.07) is 5.33. The molecule has 7 heteroatoms. The van der Waals surface area contributed by atoms with Crippen molar-refractivity contribution in [3.8, 4) is 11.5 Å². The molecule has 3 aromatic rings. The van der Waals surface area contributed by atoms with Crippen LogP contribution in [-0.2, 0) is 11.8 Å². The van der Waals surface area contributed by atoms with Gasteiger partial charge in [-0.3, -0.25) is 4.79 Å². The minimum absolute atomic E-state index is 0.0779. The second-order valence-corrected chi connectivity index (χ2v) is 5.41. The Bertz CT molecular complexity index is 893. The predicted molar refractivity (Wildman–Crippen MR) is 78.5 cm³/mol. The molecule has 112 valence electrons. The second-order valence-electron chi connectivity index (χ2n) is 5.41. The van der Waals surface area contributed by atoms with E-state index < -0.39 is 0 Å². The third kappa shape index (κ3) is 2.10. The highest BCUT2D eigenvalue weighted by molar-refractivity contribution is 5.81. The van der Waals surface area contributed by atoms with Gasteiger partial charge in [0.25, 0.3) is 11.4 Å². The van der Waals surface area contributed by atoms with Gasteiger partial charge in [-0.05, 0) is 24.6 Å². The summed E-state index contributed by atoms with van der Waals surface area (Å²) in [6.45, 7) is 1.37. The molecule has 2 aromatic heterocycles. The van der Waals surface area contributed by atoms with Crippen LogP contribution in [0, 0.1) is 0 Å². The molecule has 4 rings (SSSR count). The van der Waals surface area contributed by atoms with Crippen LogP contribution >= 0.6 is 0 Å². The highest BCUT2D eigenvalue weighted by atomic mass is 16.5. The Kier molecular flexibility index (Phi) is 3.00. The molecule has 0 aliphatic carbocycles. The molecular weight excluding hydrogens is 284 g/mol. The third-order valence-electron chi connectivity index (χ3n) is 3.90. The van der Waals surface area contributed by atoms with Crippen molar-refractivity contribution < 1.29 is 9.26 Å². The van der Waals surface area contributed by atoms with Crippen LogP contribution < -0.4 is 5.56 Å². The molecule has 0 bridgehead atoms. The fraction of sp³-hybridized carbons (Fsp3) is 0.333. The second kappa shape index (κ2) is 5.03. The lowest BCUT2D eigenvalue weighted by Crippen LogP contribution is -2.16. The smallest absolute Gasteiger partial charge is 0.260 e. The molecule has 1 saturated heterocycles. The Morgan fingerprint density at radius 3 is 3.09 bits per heavy atom. The van der Waals surface area contributed by atoms with E-state index in [2.05, 4.69) is 15.1 Å². The lowest BCUT2D eigenvalue weighted by atomic mass is 10.1. The van der Waals surface area contributed by atoms with Crippen molar-refractivity contribution in [2.45, 2.75) is 12.3 Å². The van der Waals surface area contributed by atoms with Gasteiger partial charge < -0.3 is 13.8 Å². The molecular formula is C15H14N4O3. The van der Waals surface area contributed by atoms with Crippen LogP contribution in [0.3, 0.4) is 0 Å². The maximum absolute atomic E-state index is 12.0. The molecule has 0 N–H and O–H groups in total. The van der Waals surface area contributed by atoms with Gasteiger partial charge in [-0.15, -0.1) is 0 Å². The van der Waals surface area contributed by atoms with Crippen molar-refractivity contribution in [3.63, 3.8) is 0 Å². The summed E-state index contributed by atoms with van der Waals surface area (Å²) in [5.41, 5.74) is 1.29. The summed E-state index contributed by atoms with van der Waals surface area (Å²) in [5.74, 6) is 1.30. The molecule has 0 spiro atoms. The number of ether oxygens (including phenoxy) is 1. The molecule has 3 heterocycles. The van der Waals surface area contributed by atoms with Crippen LogP contribution in [-0.4, -0.2) is 32.9 Å². The first kappa shape index (κ1) is 13.1. The summed E-state index contributed by atoms with van der Waals surface area (Å²) in [4.78, 5) is 20.7. The van der Waals surface area contributed by atoms with Gasteiger partial charge in [0.1, 0.15) is 0 Å². The largest absolute Gasteiger partial charge is 0.381 e. The van der Waals surface area contributed by atoms with E-state index in [4.69, 9.17) is 9.26 Å². The molecule has 7 nitrogen and oxygen atoms in total. The maximum Gasteiger partial charge on any atom is 0.260 e. The van der Waals surface area contributed by atoms with Gasteiger partial charge >= 0.3 is 0 Å². The molecule has 1 aromatic carbocycles. The van der Waals surface area contributed by atoms with Gasteiger partial charge in [0.05, 0.1) is 23.8 Å². The van der Waals surface area contributed by atoms with Crippen molar-refractivity contribution >= 4 is 10.9 Å². The zero-order valence-corrected chi connectivity index (χ0v) is 12.0. The number of hydrogen-bond donors (Lipinski definition) is 0. The van der Waals surface area contributed by atoms with E-state index in [1.165, 1.54) is 10.9 Å². The van der Waals surface area contributed by atoms with Gasteiger partial charge in [0.2, 0.25) is 0 Å². The normalized spacial score (nSPS) is 18.1. The minimum atomic E-state index is -0.0779. The summed E-state index contributed by atoms with van der Waals surface area (Å²) in [7, 11) is 1.68. The lowest BCUT2D eigenvalue weighted by molar-refractivity contribution is 0.192. The Hall–Kier alpha value is -2.54. The molecule has 22 heavy (non-hydrogen) atoms. The molecule has 1 atom stereocenters. The van der Waals surface area contributed by atoms with Gasteiger partial charge in [0.15, 0.2) is 5.82 Å². The summed E-state index contributed by atoms with van der Waals surface area (Å²) in [5, 5.41) is 4.60. The van der Waals surface area contributed by atoms with E-state index in [1.54, 1.807) is 25.2 Å². The van der Waals surface area contributed by atoms with Crippen LogP contribution in [0.1, 0.15) is 18.2 Å². The number of aromatic nitrogens is 4. The molecule has 1 aliphatic rings. The first-order valence-corrected chi connectivity index (χ1v) is 7.09. The predicted octanol–water partition coefficient (Wildman–Crippen LogP) is 1.49. The van der Waals surface area contributed by atoms with Gasteiger partial charge in [-0.25, -0.2) is 4.98 Å². The average molecular weight is 298 g/mol. The Balaban J connectivity index is 1.75. The van der Waals surface area contributed by atoms with Crippen LogP contribution in [0.15, 0.2) is 33.8 Å². The molecule has 0 radical (unpaired) electrons. The summed E-state index contributed by atoms with van der Waals surface area (Å²) in [6.07, 6.45) is 2.41. The number of fused-ring (bicyclic) bond motifs is 1. The molecule has 0 amide bonds. The standard InChI is InChI=1S/C15H14N4O3/c1-19-8-16-12-6-9(2-3-11(12)15(19)20)14-17-13(18-22-14)10-4-5-21-7-10/h2-3,6,8,10H,4-5,7H2,1H3/t10-/m1/s1. The molecule has 0 saturated carbocycles. The molecule has 0 unspecified atom stereocenters. The zero-order chi connectivity index (χ0) is 15.1. The Labute approximate surface area is 125 Å². The fourth-order valence-electron chi connectivity index (χ4n) is 2.60. The van der Waals surface area contributed by atoms with Crippen LogP contribution in [0.2, 0.25) is 0 Å². The fourth-order valence-corrected chi connectivity index (χ4v) is 2.60. The number of rotatable bonds is 2. The Morgan fingerprint density at radius 2 is 2.27 bits per heavy atom. The Morgan fingerprint density at radius 1 is 1.36 bits per heavy atom. The monoisotopic (exact) mass is 298 g/mol. The molecule has 1 fully saturated rings. The van der Waals surface area contributed by atoms with Crippen LogP contribution in [0.4, 0.5) is 0 Å². The van der Waals surface area contributed by atoms with E-state index in [0.29, 0.717) is 29.2 Å². The number of benzene rings is 1. The molecule has 1 aliphatic heterocycles. The lowest BCUT2D eigenvalue weighted by Gasteiger charge is -2.01. The van der Waals surface area contributed by atoms with E-state index in [-0.39, 0.29) is 11.5 Å². The summed E-state index contributed by atoms with van der Waals surface area (Å²) >= 11 is 0. The van der Waals surface area contributed by atoms with Gasteiger partial charge in [-0.1, -0.05) is 5.16 Å². The van der Waals surface area contributed by atoms with Crippen molar-refractivity contribution in [2.24, 2.45) is 7.05 Å². The number of hydrogen-bond acceptors (Lipinski definition) is 6.